The van der Waals surface area contributed by atoms with Crippen molar-refractivity contribution in [2.75, 3.05) is 30.9 Å². The summed E-state index contributed by atoms with van der Waals surface area (Å²) in [6.45, 7) is 1.59. The second-order valence-corrected chi connectivity index (χ2v) is 9.18. The fourth-order valence-electron chi connectivity index (χ4n) is 4.86. The standard InChI is InChI=1S/C27H28N6O2/c1-33-21-13-24(14-22(33)17-34-16-21)35-23-8-6-19(7-9-23)31-27-28-11-10-26(32-27)30-20-12-18-4-2-3-5-25(18)29-15-20/h2-12,15,21-22,24H,13-14,16-17H2,1H3,(H2,28,30,31,32)/t21-,22-/m1/s1. The molecule has 0 amide bonds. The third-order valence-corrected chi connectivity index (χ3v) is 6.77. The van der Waals surface area contributed by atoms with Crippen LogP contribution in [-0.2, 0) is 4.74 Å². The van der Waals surface area contributed by atoms with Crippen molar-refractivity contribution in [3.63, 3.8) is 0 Å². The molecule has 8 heteroatoms. The van der Waals surface area contributed by atoms with E-state index in [1.165, 1.54) is 0 Å². The molecule has 2 aromatic heterocycles. The van der Waals surface area contributed by atoms with Gasteiger partial charge >= 0.3 is 0 Å². The number of ether oxygens (including phenoxy) is 2. The quantitative estimate of drug-likeness (QED) is 0.419. The van der Waals surface area contributed by atoms with Gasteiger partial charge in [-0.3, -0.25) is 9.88 Å². The van der Waals surface area contributed by atoms with E-state index in [1.807, 2.05) is 54.6 Å². The van der Waals surface area contributed by atoms with E-state index in [1.54, 1.807) is 12.4 Å². The van der Waals surface area contributed by atoms with Crippen molar-refractivity contribution in [2.24, 2.45) is 0 Å². The van der Waals surface area contributed by atoms with Crippen LogP contribution in [0.4, 0.5) is 23.1 Å². The molecule has 2 N–H and O–H groups in total. The third-order valence-electron chi connectivity index (χ3n) is 6.77. The zero-order chi connectivity index (χ0) is 23.6. The molecule has 2 saturated heterocycles. The number of likely N-dealkylation sites (N-methyl/N-ethyl adjacent to an activating group) is 1. The summed E-state index contributed by atoms with van der Waals surface area (Å²) in [5.41, 5.74) is 2.73. The zero-order valence-corrected chi connectivity index (χ0v) is 19.6. The SMILES string of the molecule is CN1[C@H]2COC[C@H]1CC(Oc1ccc(Nc3nccc(Nc4cnc5ccccc5c4)n3)cc1)C2. The number of fused-ring (bicyclic) bond motifs is 3. The van der Waals surface area contributed by atoms with Crippen molar-refractivity contribution >= 4 is 34.0 Å². The van der Waals surface area contributed by atoms with Gasteiger partial charge in [-0.2, -0.15) is 4.98 Å². The number of morpholine rings is 1. The number of aromatic nitrogens is 3. The van der Waals surface area contributed by atoms with E-state index in [0.717, 1.165) is 54.1 Å². The van der Waals surface area contributed by atoms with Crippen LogP contribution in [0, 0.1) is 0 Å². The summed E-state index contributed by atoms with van der Waals surface area (Å²) in [6, 6.07) is 20.8. The molecule has 4 heterocycles. The Morgan fingerprint density at radius 3 is 2.54 bits per heavy atom. The Hall–Kier alpha value is -3.75. The first-order chi connectivity index (χ1) is 17.2. The highest BCUT2D eigenvalue weighted by Crippen LogP contribution is 2.30. The number of piperidine rings is 1. The van der Waals surface area contributed by atoms with E-state index in [4.69, 9.17) is 9.47 Å². The van der Waals surface area contributed by atoms with Gasteiger partial charge in [-0.1, -0.05) is 18.2 Å². The Morgan fingerprint density at radius 1 is 0.914 bits per heavy atom. The molecule has 178 valence electrons. The van der Waals surface area contributed by atoms with Crippen molar-refractivity contribution in [3.8, 4) is 5.75 Å². The van der Waals surface area contributed by atoms with E-state index >= 15 is 0 Å². The number of hydrogen-bond donors (Lipinski definition) is 2. The Kier molecular flexibility index (Phi) is 5.89. The maximum absolute atomic E-state index is 6.30. The average Bonchev–Trinajstić information content (AvgIpc) is 2.86. The summed E-state index contributed by atoms with van der Waals surface area (Å²) in [6.07, 6.45) is 5.74. The second kappa shape index (κ2) is 9.48. The lowest BCUT2D eigenvalue weighted by molar-refractivity contribution is -0.0879. The lowest BCUT2D eigenvalue weighted by Crippen LogP contribution is -2.57. The molecule has 2 bridgehead atoms. The summed E-state index contributed by atoms with van der Waals surface area (Å²) >= 11 is 0. The molecule has 0 unspecified atom stereocenters. The molecular weight excluding hydrogens is 440 g/mol. The summed E-state index contributed by atoms with van der Waals surface area (Å²) in [4.78, 5) is 15.9. The van der Waals surface area contributed by atoms with Crippen molar-refractivity contribution in [1.29, 1.82) is 0 Å². The fraction of sp³-hybridized carbons (Fsp3) is 0.296. The summed E-state index contributed by atoms with van der Waals surface area (Å²) in [5, 5.41) is 7.66. The average molecular weight is 469 g/mol. The number of anilines is 4. The van der Waals surface area contributed by atoms with Crippen LogP contribution in [0.3, 0.4) is 0 Å². The smallest absolute Gasteiger partial charge is 0.229 e. The molecule has 2 aromatic carbocycles. The highest BCUT2D eigenvalue weighted by Gasteiger charge is 2.37. The van der Waals surface area contributed by atoms with Crippen molar-refractivity contribution < 1.29 is 9.47 Å². The summed E-state index contributed by atoms with van der Waals surface area (Å²) < 4.78 is 12.0. The summed E-state index contributed by atoms with van der Waals surface area (Å²) in [5.74, 6) is 2.08. The number of pyridine rings is 1. The van der Waals surface area contributed by atoms with Gasteiger partial charge in [-0.15, -0.1) is 0 Å². The molecule has 0 spiro atoms. The maximum Gasteiger partial charge on any atom is 0.229 e. The van der Waals surface area contributed by atoms with Crippen LogP contribution in [-0.4, -0.2) is 58.3 Å². The minimum Gasteiger partial charge on any atom is -0.490 e. The largest absolute Gasteiger partial charge is 0.490 e. The molecule has 0 saturated carbocycles. The number of benzene rings is 2. The first-order valence-electron chi connectivity index (χ1n) is 12.0. The minimum absolute atomic E-state index is 0.222. The monoisotopic (exact) mass is 468 g/mol. The Bertz CT molecular complexity index is 1300. The first-order valence-corrected chi connectivity index (χ1v) is 12.0. The maximum atomic E-state index is 6.30. The molecule has 35 heavy (non-hydrogen) atoms. The van der Waals surface area contributed by atoms with Gasteiger partial charge in [0.1, 0.15) is 17.7 Å². The van der Waals surface area contributed by atoms with Crippen LogP contribution in [0.5, 0.6) is 5.75 Å². The van der Waals surface area contributed by atoms with Gasteiger partial charge in [0, 0.05) is 42.2 Å². The van der Waals surface area contributed by atoms with Crippen LogP contribution in [0.25, 0.3) is 10.9 Å². The lowest BCUT2D eigenvalue weighted by atomic mass is 9.92. The zero-order valence-electron chi connectivity index (χ0n) is 19.6. The molecule has 0 aliphatic carbocycles. The van der Waals surface area contributed by atoms with Gasteiger partial charge in [0.2, 0.25) is 5.95 Å². The van der Waals surface area contributed by atoms with E-state index in [0.29, 0.717) is 23.8 Å². The third kappa shape index (κ3) is 4.89. The van der Waals surface area contributed by atoms with Crippen molar-refractivity contribution in [2.45, 2.75) is 31.0 Å². The van der Waals surface area contributed by atoms with Crippen LogP contribution < -0.4 is 15.4 Å². The second-order valence-electron chi connectivity index (χ2n) is 9.18. The highest BCUT2D eigenvalue weighted by molar-refractivity contribution is 5.82. The van der Waals surface area contributed by atoms with Crippen molar-refractivity contribution in [3.05, 3.63) is 73.1 Å². The minimum atomic E-state index is 0.222. The van der Waals surface area contributed by atoms with E-state index in [9.17, 15) is 0 Å². The van der Waals surface area contributed by atoms with Gasteiger partial charge in [0.15, 0.2) is 0 Å². The normalized spacial score (nSPS) is 22.0. The number of nitrogens with zero attached hydrogens (tertiary/aromatic N) is 4. The predicted octanol–water partition coefficient (Wildman–Crippen LogP) is 4.75. The highest BCUT2D eigenvalue weighted by atomic mass is 16.5. The molecular formula is C27H28N6O2. The molecule has 0 radical (unpaired) electrons. The van der Waals surface area contributed by atoms with Gasteiger partial charge in [0.25, 0.3) is 0 Å². The molecule has 4 aromatic rings. The number of para-hydroxylation sites is 1. The number of hydrogen-bond acceptors (Lipinski definition) is 8. The van der Waals surface area contributed by atoms with E-state index in [2.05, 4.69) is 43.6 Å². The molecule has 2 aliphatic heterocycles. The predicted molar refractivity (Wildman–Crippen MR) is 137 cm³/mol. The van der Waals surface area contributed by atoms with Gasteiger partial charge in [-0.25, -0.2) is 4.98 Å². The van der Waals surface area contributed by atoms with Gasteiger partial charge in [-0.05, 0) is 49.5 Å². The lowest BCUT2D eigenvalue weighted by Gasteiger charge is -2.46. The van der Waals surface area contributed by atoms with Crippen LogP contribution >= 0.6 is 0 Å². The van der Waals surface area contributed by atoms with Gasteiger partial charge in [0.05, 0.1) is 30.6 Å². The van der Waals surface area contributed by atoms with Crippen LogP contribution in [0.15, 0.2) is 73.1 Å². The summed E-state index contributed by atoms with van der Waals surface area (Å²) in [7, 11) is 2.19. The van der Waals surface area contributed by atoms with Crippen molar-refractivity contribution in [1.82, 2.24) is 19.9 Å². The number of nitrogens with one attached hydrogen (secondary N) is 2. The van der Waals surface area contributed by atoms with Gasteiger partial charge < -0.3 is 20.1 Å². The molecule has 2 aliphatic rings. The first kappa shape index (κ1) is 21.8. The van der Waals surface area contributed by atoms with E-state index < -0.39 is 0 Å². The van der Waals surface area contributed by atoms with E-state index in [-0.39, 0.29) is 6.10 Å². The molecule has 8 nitrogen and oxygen atoms in total. The molecule has 2 atom stereocenters. The molecule has 2 fully saturated rings. The Morgan fingerprint density at radius 2 is 1.71 bits per heavy atom. The Balaban J connectivity index is 1.09. The van der Waals surface area contributed by atoms with Crippen LogP contribution in [0.1, 0.15) is 12.8 Å². The number of rotatable bonds is 6. The Labute approximate surface area is 204 Å². The topological polar surface area (TPSA) is 84.4 Å². The molecule has 6 rings (SSSR count). The fourth-order valence-corrected chi connectivity index (χ4v) is 4.86. The van der Waals surface area contributed by atoms with Crippen LogP contribution in [0.2, 0.25) is 0 Å².